The smallest absolute Gasteiger partial charge is 0.396 e. The van der Waals surface area contributed by atoms with Gasteiger partial charge in [0.05, 0.1) is 17.6 Å². The fourth-order valence-electron chi connectivity index (χ4n) is 1.66. The van der Waals surface area contributed by atoms with E-state index in [0.717, 1.165) is 12.1 Å². The van der Waals surface area contributed by atoms with Gasteiger partial charge in [0.15, 0.2) is 0 Å². The Hall–Kier alpha value is -1.54. The van der Waals surface area contributed by atoms with Crippen molar-refractivity contribution in [3.05, 3.63) is 35.4 Å². The number of nitriles is 1. The summed E-state index contributed by atoms with van der Waals surface area (Å²) in [6, 6.07) is 6.93. The lowest BCUT2D eigenvalue weighted by Crippen LogP contribution is -2.06. The molecule has 0 saturated heterocycles. The van der Waals surface area contributed by atoms with Crippen LogP contribution in [0.2, 0.25) is 0 Å². The number of hydrogen-bond donors (Lipinski definition) is 1. The maximum absolute atomic E-state index is 12.3. The maximum Gasteiger partial charge on any atom is 0.416 e. The summed E-state index contributed by atoms with van der Waals surface area (Å²) < 4.78 is 37.0. The third-order valence-electron chi connectivity index (χ3n) is 2.66. The highest BCUT2D eigenvalue weighted by Crippen LogP contribution is 2.29. The van der Waals surface area contributed by atoms with Crippen LogP contribution in [0, 0.1) is 17.2 Å². The van der Waals surface area contributed by atoms with E-state index >= 15 is 0 Å². The van der Waals surface area contributed by atoms with Crippen LogP contribution in [0.25, 0.3) is 0 Å². The van der Waals surface area contributed by atoms with Crippen LogP contribution in [-0.4, -0.2) is 11.7 Å². The lowest BCUT2D eigenvalue weighted by atomic mass is 9.95. The second-order valence-electron chi connectivity index (χ2n) is 4.09. The van der Waals surface area contributed by atoms with Gasteiger partial charge in [-0.1, -0.05) is 12.1 Å². The van der Waals surface area contributed by atoms with Gasteiger partial charge in [-0.15, -0.1) is 0 Å². The van der Waals surface area contributed by atoms with Crippen LogP contribution in [0.4, 0.5) is 13.2 Å². The Bertz CT molecular complexity index is 406. The number of halogens is 3. The first-order valence-electron chi connectivity index (χ1n) is 5.64. The second-order valence-corrected chi connectivity index (χ2v) is 4.09. The summed E-state index contributed by atoms with van der Waals surface area (Å²) >= 11 is 0. The molecular formula is C13H14F3NO. The van der Waals surface area contributed by atoms with Gasteiger partial charge in [0.25, 0.3) is 0 Å². The molecule has 1 aromatic carbocycles. The molecule has 0 bridgehead atoms. The first-order chi connectivity index (χ1) is 8.47. The number of hydrogen-bond acceptors (Lipinski definition) is 2. The molecule has 18 heavy (non-hydrogen) atoms. The van der Waals surface area contributed by atoms with E-state index in [1.54, 1.807) is 0 Å². The molecule has 1 rings (SSSR count). The molecule has 0 saturated carbocycles. The Balaban J connectivity index is 2.66. The summed E-state index contributed by atoms with van der Waals surface area (Å²) in [5, 5.41) is 17.6. The number of rotatable bonds is 5. The Kier molecular flexibility index (Phi) is 5.17. The molecule has 0 aliphatic rings. The van der Waals surface area contributed by atoms with Crippen LogP contribution < -0.4 is 0 Å². The number of alkyl halides is 3. The zero-order valence-corrected chi connectivity index (χ0v) is 9.74. The topological polar surface area (TPSA) is 44.0 Å². The van der Waals surface area contributed by atoms with Gasteiger partial charge in [-0.2, -0.15) is 18.4 Å². The normalized spacial score (nSPS) is 13.1. The van der Waals surface area contributed by atoms with Gasteiger partial charge in [-0.05, 0) is 37.0 Å². The van der Waals surface area contributed by atoms with Crippen molar-refractivity contribution >= 4 is 0 Å². The minimum atomic E-state index is -4.33. The Labute approximate surface area is 104 Å². The van der Waals surface area contributed by atoms with Gasteiger partial charge in [0.1, 0.15) is 0 Å². The fourth-order valence-corrected chi connectivity index (χ4v) is 1.66. The van der Waals surface area contributed by atoms with Gasteiger partial charge in [-0.3, -0.25) is 0 Å². The minimum Gasteiger partial charge on any atom is -0.396 e. The van der Waals surface area contributed by atoms with Crippen LogP contribution in [-0.2, 0) is 12.6 Å². The van der Waals surface area contributed by atoms with E-state index in [9.17, 15) is 13.2 Å². The van der Waals surface area contributed by atoms with Crippen molar-refractivity contribution < 1.29 is 18.3 Å². The molecule has 1 unspecified atom stereocenters. The first-order valence-corrected chi connectivity index (χ1v) is 5.64. The summed E-state index contributed by atoms with van der Waals surface area (Å²) in [4.78, 5) is 0. The van der Waals surface area contributed by atoms with Crippen molar-refractivity contribution in [2.45, 2.75) is 25.4 Å². The summed E-state index contributed by atoms with van der Waals surface area (Å²) in [6.45, 7) is 0.0190. The van der Waals surface area contributed by atoms with E-state index in [2.05, 4.69) is 6.07 Å². The quantitative estimate of drug-likeness (QED) is 0.880. The van der Waals surface area contributed by atoms with E-state index in [1.165, 1.54) is 12.1 Å². The Morgan fingerprint density at radius 3 is 2.28 bits per heavy atom. The zero-order chi connectivity index (χ0) is 13.6. The summed E-state index contributed by atoms with van der Waals surface area (Å²) in [5.41, 5.74) is 0.0163. The highest BCUT2D eigenvalue weighted by atomic mass is 19.4. The van der Waals surface area contributed by atoms with Crippen molar-refractivity contribution in [1.29, 1.82) is 5.26 Å². The van der Waals surface area contributed by atoms with Crippen molar-refractivity contribution in [3.8, 4) is 6.07 Å². The second kappa shape index (κ2) is 6.41. The van der Waals surface area contributed by atoms with E-state index < -0.39 is 11.7 Å². The minimum absolute atomic E-state index is 0.0190. The van der Waals surface area contributed by atoms with Gasteiger partial charge in [0.2, 0.25) is 0 Å². The molecule has 0 aliphatic heterocycles. The molecule has 0 fully saturated rings. The van der Waals surface area contributed by atoms with Crippen LogP contribution in [0.3, 0.4) is 0 Å². The average molecular weight is 257 g/mol. The predicted octanol–water partition coefficient (Wildman–Crippen LogP) is 3.16. The molecule has 0 aliphatic carbocycles. The number of benzene rings is 1. The predicted molar refractivity (Wildman–Crippen MR) is 60.6 cm³/mol. The van der Waals surface area contributed by atoms with Gasteiger partial charge < -0.3 is 5.11 Å². The molecule has 0 spiro atoms. The molecule has 1 aromatic rings. The van der Waals surface area contributed by atoms with Gasteiger partial charge >= 0.3 is 6.18 Å². The molecule has 5 heteroatoms. The van der Waals surface area contributed by atoms with Crippen molar-refractivity contribution in [3.63, 3.8) is 0 Å². The molecule has 0 amide bonds. The standard InChI is InChI=1S/C13H14F3NO/c14-13(15,16)12-5-3-10(4-6-12)8-11(9-17)2-1-7-18/h3-6,11,18H,1-2,7-8H2. The number of aliphatic hydroxyl groups is 1. The molecule has 1 N–H and O–H groups in total. The molecule has 1 atom stereocenters. The fraction of sp³-hybridized carbons (Fsp3) is 0.462. The van der Waals surface area contributed by atoms with Crippen LogP contribution in [0.5, 0.6) is 0 Å². The van der Waals surface area contributed by atoms with Crippen LogP contribution in [0.1, 0.15) is 24.0 Å². The molecule has 2 nitrogen and oxygen atoms in total. The van der Waals surface area contributed by atoms with Gasteiger partial charge in [0, 0.05) is 6.61 Å². The monoisotopic (exact) mass is 257 g/mol. The summed E-state index contributed by atoms with van der Waals surface area (Å²) in [7, 11) is 0. The summed E-state index contributed by atoms with van der Waals surface area (Å²) in [6.07, 6.45) is -2.84. The Morgan fingerprint density at radius 1 is 1.22 bits per heavy atom. The van der Waals surface area contributed by atoms with E-state index in [0.29, 0.717) is 24.8 Å². The van der Waals surface area contributed by atoms with Crippen LogP contribution >= 0.6 is 0 Å². The summed E-state index contributed by atoms with van der Waals surface area (Å²) in [5.74, 6) is -0.270. The first kappa shape index (κ1) is 14.5. The SMILES string of the molecule is N#CC(CCCO)Cc1ccc(C(F)(F)F)cc1. The van der Waals surface area contributed by atoms with Gasteiger partial charge in [-0.25, -0.2) is 0 Å². The highest BCUT2D eigenvalue weighted by Gasteiger charge is 2.29. The third-order valence-corrected chi connectivity index (χ3v) is 2.66. The third kappa shape index (κ3) is 4.38. The molecular weight excluding hydrogens is 243 g/mol. The molecule has 0 heterocycles. The number of nitrogens with zero attached hydrogens (tertiary/aromatic N) is 1. The Morgan fingerprint density at radius 2 is 1.83 bits per heavy atom. The van der Waals surface area contributed by atoms with E-state index in [1.807, 2.05) is 0 Å². The van der Waals surface area contributed by atoms with Crippen molar-refractivity contribution in [1.82, 2.24) is 0 Å². The molecule has 0 aromatic heterocycles. The average Bonchev–Trinajstić information content (AvgIpc) is 2.34. The highest BCUT2D eigenvalue weighted by molar-refractivity contribution is 5.25. The van der Waals surface area contributed by atoms with Crippen molar-refractivity contribution in [2.24, 2.45) is 5.92 Å². The molecule has 98 valence electrons. The number of aliphatic hydroxyl groups excluding tert-OH is 1. The van der Waals surface area contributed by atoms with Crippen LogP contribution in [0.15, 0.2) is 24.3 Å². The largest absolute Gasteiger partial charge is 0.416 e. The zero-order valence-electron chi connectivity index (χ0n) is 9.74. The van der Waals surface area contributed by atoms with E-state index in [-0.39, 0.29) is 12.5 Å². The lowest BCUT2D eigenvalue weighted by molar-refractivity contribution is -0.137. The molecule has 0 radical (unpaired) electrons. The van der Waals surface area contributed by atoms with E-state index in [4.69, 9.17) is 10.4 Å². The van der Waals surface area contributed by atoms with Crippen molar-refractivity contribution in [2.75, 3.05) is 6.61 Å². The maximum atomic E-state index is 12.3. The lowest BCUT2D eigenvalue weighted by Gasteiger charge is -2.10.